The van der Waals surface area contributed by atoms with Crippen LogP contribution in [-0.2, 0) is 4.79 Å². The zero-order valence-electron chi connectivity index (χ0n) is 7.42. The van der Waals surface area contributed by atoms with Crippen LogP contribution in [0.2, 0.25) is 0 Å². The summed E-state index contributed by atoms with van der Waals surface area (Å²) in [6.07, 6.45) is 2.88. The maximum absolute atomic E-state index is 11.5. The lowest BCUT2D eigenvalue weighted by molar-refractivity contribution is -0.122. The molecule has 13 heavy (non-hydrogen) atoms. The van der Waals surface area contributed by atoms with Gasteiger partial charge in [-0.2, -0.15) is 5.26 Å². The first-order valence-corrected chi connectivity index (χ1v) is 4.73. The molecule has 0 aromatic heterocycles. The Morgan fingerprint density at radius 2 is 2.31 bits per heavy atom. The number of nitrogens with zero attached hydrogens (tertiary/aromatic N) is 1. The highest BCUT2D eigenvalue weighted by Gasteiger charge is 2.32. The Morgan fingerprint density at radius 3 is 2.85 bits per heavy atom. The molecule has 1 saturated heterocycles. The molecule has 0 radical (unpaired) electrons. The number of rotatable bonds is 2. The predicted octanol–water partition coefficient (Wildman–Crippen LogP) is -0.233. The lowest BCUT2D eigenvalue weighted by atomic mass is 10.1. The van der Waals surface area contributed by atoms with Gasteiger partial charge in [-0.3, -0.25) is 4.79 Å². The van der Waals surface area contributed by atoms with Crippen LogP contribution in [-0.4, -0.2) is 24.5 Å². The summed E-state index contributed by atoms with van der Waals surface area (Å²) >= 11 is 0. The number of carbonyl (C=O) groups excluding carboxylic acids is 1. The van der Waals surface area contributed by atoms with Crippen LogP contribution in [0.15, 0.2) is 0 Å². The van der Waals surface area contributed by atoms with Crippen molar-refractivity contribution in [2.24, 2.45) is 5.92 Å². The molecule has 2 rings (SSSR count). The Hall–Kier alpha value is -1.08. The minimum atomic E-state index is -0.134. The van der Waals surface area contributed by atoms with Gasteiger partial charge >= 0.3 is 0 Å². The molecule has 4 nitrogen and oxygen atoms in total. The van der Waals surface area contributed by atoms with Crippen LogP contribution in [0.5, 0.6) is 0 Å². The number of nitriles is 1. The molecule has 0 spiro atoms. The second-order valence-corrected chi connectivity index (χ2v) is 3.81. The van der Waals surface area contributed by atoms with Crippen molar-refractivity contribution >= 4 is 5.91 Å². The predicted molar refractivity (Wildman–Crippen MR) is 46.7 cm³/mol. The summed E-state index contributed by atoms with van der Waals surface area (Å²) in [6.45, 7) is 0.652. The highest BCUT2D eigenvalue weighted by molar-refractivity contribution is 5.82. The molecule has 70 valence electrons. The van der Waals surface area contributed by atoms with E-state index < -0.39 is 0 Å². The standard InChI is InChI=1S/C9H13N3O/c10-4-6-3-8(11-5-6)9(13)12-7-1-2-7/h6-8,11H,1-3,5H2,(H,12,13)/t6-,8-/m0/s1. The SMILES string of the molecule is N#C[C@H]1CN[C@H](C(=O)NC2CC2)C1. The van der Waals surface area contributed by atoms with Gasteiger partial charge in [-0.05, 0) is 19.3 Å². The summed E-state index contributed by atoms with van der Waals surface area (Å²) < 4.78 is 0. The maximum atomic E-state index is 11.5. The van der Waals surface area contributed by atoms with E-state index in [-0.39, 0.29) is 17.9 Å². The van der Waals surface area contributed by atoms with Crippen LogP contribution in [0, 0.1) is 17.2 Å². The van der Waals surface area contributed by atoms with E-state index in [0.717, 1.165) is 12.8 Å². The van der Waals surface area contributed by atoms with Gasteiger partial charge in [0.15, 0.2) is 0 Å². The molecule has 0 aromatic carbocycles. The first-order valence-electron chi connectivity index (χ1n) is 4.73. The Balaban J connectivity index is 1.81. The lowest BCUT2D eigenvalue weighted by Crippen LogP contribution is -2.41. The fourth-order valence-corrected chi connectivity index (χ4v) is 1.56. The van der Waals surface area contributed by atoms with Crippen molar-refractivity contribution in [1.82, 2.24) is 10.6 Å². The van der Waals surface area contributed by atoms with E-state index in [0.29, 0.717) is 19.0 Å². The Kier molecular flexibility index (Phi) is 2.19. The van der Waals surface area contributed by atoms with Gasteiger partial charge in [-0.1, -0.05) is 0 Å². The van der Waals surface area contributed by atoms with Crippen LogP contribution in [0.25, 0.3) is 0 Å². The second-order valence-electron chi connectivity index (χ2n) is 3.81. The number of nitrogens with one attached hydrogen (secondary N) is 2. The highest BCUT2D eigenvalue weighted by atomic mass is 16.2. The van der Waals surface area contributed by atoms with E-state index in [1.54, 1.807) is 0 Å². The maximum Gasteiger partial charge on any atom is 0.237 e. The quantitative estimate of drug-likeness (QED) is 0.615. The monoisotopic (exact) mass is 179 g/mol. The third-order valence-electron chi connectivity index (χ3n) is 2.55. The number of hydrogen-bond acceptors (Lipinski definition) is 3. The molecule has 2 atom stereocenters. The molecule has 1 saturated carbocycles. The van der Waals surface area contributed by atoms with Crippen LogP contribution >= 0.6 is 0 Å². The van der Waals surface area contributed by atoms with Crippen molar-refractivity contribution in [2.45, 2.75) is 31.3 Å². The Morgan fingerprint density at radius 1 is 1.54 bits per heavy atom. The van der Waals surface area contributed by atoms with Gasteiger partial charge in [0.05, 0.1) is 18.0 Å². The minimum Gasteiger partial charge on any atom is -0.352 e. The highest BCUT2D eigenvalue weighted by Crippen LogP contribution is 2.20. The fraction of sp³-hybridized carbons (Fsp3) is 0.778. The van der Waals surface area contributed by atoms with Crippen LogP contribution in [0.1, 0.15) is 19.3 Å². The topological polar surface area (TPSA) is 64.9 Å². The van der Waals surface area contributed by atoms with E-state index in [2.05, 4.69) is 16.7 Å². The van der Waals surface area contributed by atoms with E-state index in [1.807, 2.05) is 0 Å². The molecular weight excluding hydrogens is 166 g/mol. The van der Waals surface area contributed by atoms with Gasteiger partial charge < -0.3 is 10.6 Å². The van der Waals surface area contributed by atoms with Crippen LogP contribution in [0.3, 0.4) is 0 Å². The summed E-state index contributed by atoms with van der Waals surface area (Å²) in [5, 5.41) is 14.6. The molecule has 1 amide bonds. The molecule has 4 heteroatoms. The largest absolute Gasteiger partial charge is 0.352 e. The number of carbonyl (C=O) groups is 1. The molecule has 1 heterocycles. The van der Waals surface area contributed by atoms with Crippen molar-refractivity contribution in [1.29, 1.82) is 5.26 Å². The normalized spacial score (nSPS) is 32.5. The third kappa shape index (κ3) is 1.99. The van der Waals surface area contributed by atoms with Gasteiger partial charge in [0, 0.05) is 12.6 Å². The van der Waals surface area contributed by atoms with E-state index >= 15 is 0 Å². The van der Waals surface area contributed by atoms with Crippen molar-refractivity contribution < 1.29 is 4.79 Å². The van der Waals surface area contributed by atoms with Crippen molar-refractivity contribution in [3.63, 3.8) is 0 Å². The first kappa shape index (κ1) is 8.52. The lowest BCUT2D eigenvalue weighted by Gasteiger charge is -2.09. The first-order chi connectivity index (χ1) is 6.29. The van der Waals surface area contributed by atoms with Crippen molar-refractivity contribution in [3.8, 4) is 6.07 Å². The average Bonchev–Trinajstić information content (AvgIpc) is 2.82. The Labute approximate surface area is 77.3 Å². The summed E-state index contributed by atoms with van der Waals surface area (Å²) in [5.74, 6) is 0.0789. The number of hydrogen-bond donors (Lipinski definition) is 2. The van der Waals surface area contributed by atoms with Crippen LogP contribution < -0.4 is 10.6 Å². The smallest absolute Gasteiger partial charge is 0.237 e. The number of amides is 1. The second kappa shape index (κ2) is 3.35. The molecule has 2 fully saturated rings. The van der Waals surface area contributed by atoms with Gasteiger partial charge in [0.1, 0.15) is 0 Å². The molecule has 0 bridgehead atoms. The van der Waals surface area contributed by atoms with E-state index in [4.69, 9.17) is 5.26 Å². The third-order valence-corrected chi connectivity index (χ3v) is 2.55. The molecular formula is C9H13N3O. The van der Waals surface area contributed by atoms with Gasteiger partial charge in [-0.25, -0.2) is 0 Å². The van der Waals surface area contributed by atoms with Gasteiger partial charge in [0.2, 0.25) is 5.91 Å². The van der Waals surface area contributed by atoms with Crippen LogP contribution in [0.4, 0.5) is 0 Å². The molecule has 1 aliphatic carbocycles. The molecule has 0 aromatic rings. The van der Waals surface area contributed by atoms with E-state index in [1.165, 1.54) is 0 Å². The molecule has 0 unspecified atom stereocenters. The zero-order chi connectivity index (χ0) is 9.26. The summed E-state index contributed by atoms with van der Waals surface area (Å²) in [6, 6.07) is 2.45. The molecule has 2 N–H and O–H groups in total. The van der Waals surface area contributed by atoms with Gasteiger partial charge in [0.25, 0.3) is 0 Å². The summed E-state index contributed by atoms with van der Waals surface area (Å²) in [4.78, 5) is 11.5. The minimum absolute atomic E-state index is 0.00922. The molecule has 1 aliphatic heterocycles. The zero-order valence-corrected chi connectivity index (χ0v) is 7.42. The average molecular weight is 179 g/mol. The van der Waals surface area contributed by atoms with Crippen molar-refractivity contribution in [3.05, 3.63) is 0 Å². The summed E-state index contributed by atoms with van der Waals surface area (Å²) in [7, 11) is 0. The Bertz CT molecular complexity index is 254. The van der Waals surface area contributed by atoms with Gasteiger partial charge in [-0.15, -0.1) is 0 Å². The molecule has 2 aliphatic rings. The van der Waals surface area contributed by atoms with Crippen molar-refractivity contribution in [2.75, 3.05) is 6.54 Å². The van der Waals surface area contributed by atoms with E-state index in [9.17, 15) is 4.79 Å². The fourth-order valence-electron chi connectivity index (χ4n) is 1.56. The summed E-state index contributed by atoms with van der Waals surface area (Å²) in [5.41, 5.74) is 0.